The second-order valence-electron chi connectivity index (χ2n) is 6.60. The lowest BCUT2D eigenvalue weighted by atomic mass is 10.0. The summed E-state index contributed by atoms with van der Waals surface area (Å²) in [5.41, 5.74) is 2.85. The first-order valence-corrected chi connectivity index (χ1v) is 8.93. The Kier molecular flexibility index (Phi) is 5.71. The van der Waals surface area contributed by atoms with E-state index in [4.69, 9.17) is 4.74 Å². The lowest BCUT2D eigenvalue weighted by Crippen LogP contribution is -2.40. The maximum absolute atomic E-state index is 13.2. The molecule has 1 N–H and O–H groups in total. The third kappa shape index (κ3) is 4.20. The highest BCUT2D eigenvalue weighted by atomic mass is 16.5. The predicted molar refractivity (Wildman–Crippen MR) is 101 cm³/mol. The molecule has 1 heterocycles. The van der Waals surface area contributed by atoms with E-state index in [0.717, 1.165) is 42.7 Å². The molecule has 0 aromatic heterocycles. The van der Waals surface area contributed by atoms with Crippen molar-refractivity contribution in [3.8, 4) is 5.75 Å². The van der Waals surface area contributed by atoms with Gasteiger partial charge in [0.2, 0.25) is 5.91 Å². The molecule has 25 heavy (non-hydrogen) atoms. The maximum atomic E-state index is 13.2. The molecule has 0 spiro atoms. The Morgan fingerprint density at radius 3 is 2.48 bits per heavy atom. The first-order chi connectivity index (χ1) is 12.2. The van der Waals surface area contributed by atoms with Gasteiger partial charge in [-0.2, -0.15) is 0 Å². The third-order valence-corrected chi connectivity index (χ3v) is 4.73. The van der Waals surface area contributed by atoms with Crippen molar-refractivity contribution < 1.29 is 9.53 Å². The zero-order valence-electron chi connectivity index (χ0n) is 15.0. The van der Waals surface area contributed by atoms with E-state index in [-0.39, 0.29) is 11.9 Å². The molecule has 4 heteroatoms. The van der Waals surface area contributed by atoms with E-state index in [2.05, 4.69) is 10.2 Å². The Balaban J connectivity index is 1.88. The van der Waals surface area contributed by atoms with Gasteiger partial charge in [-0.25, -0.2) is 0 Å². The molecule has 1 aliphatic heterocycles. The van der Waals surface area contributed by atoms with Gasteiger partial charge in [0.15, 0.2) is 0 Å². The standard InChI is InChI=1S/C21H26N2O2/c1-16-11-12-19(25-2)18(15-16)22-21(24)20(17-9-5-3-6-10-17)23-13-7-4-8-14-23/h3,5-6,9-12,15,20H,4,7-8,13-14H2,1-2H3,(H,22,24)/t20-/m0/s1. The van der Waals surface area contributed by atoms with E-state index in [0.29, 0.717) is 5.75 Å². The lowest BCUT2D eigenvalue weighted by Gasteiger charge is -2.34. The zero-order chi connectivity index (χ0) is 17.6. The van der Waals surface area contributed by atoms with Gasteiger partial charge < -0.3 is 10.1 Å². The van der Waals surface area contributed by atoms with Crippen LogP contribution in [0.3, 0.4) is 0 Å². The van der Waals surface area contributed by atoms with Crippen molar-refractivity contribution in [3.05, 3.63) is 59.7 Å². The van der Waals surface area contributed by atoms with Crippen molar-refractivity contribution in [1.29, 1.82) is 0 Å². The summed E-state index contributed by atoms with van der Waals surface area (Å²) < 4.78 is 5.40. The molecule has 0 unspecified atom stereocenters. The van der Waals surface area contributed by atoms with Crippen LogP contribution in [0, 0.1) is 6.92 Å². The van der Waals surface area contributed by atoms with Gasteiger partial charge in [0.1, 0.15) is 11.8 Å². The molecule has 1 amide bonds. The van der Waals surface area contributed by atoms with Crippen molar-refractivity contribution in [2.24, 2.45) is 0 Å². The fourth-order valence-electron chi connectivity index (χ4n) is 3.46. The van der Waals surface area contributed by atoms with Crippen LogP contribution in [-0.4, -0.2) is 31.0 Å². The summed E-state index contributed by atoms with van der Waals surface area (Å²) in [6.45, 7) is 3.92. The van der Waals surface area contributed by atoms with Crippen LogP contribution < -0.4 is 10.1 Å². The minimum absolute atomic E-state index is 0.00278. The monoisotopic (exact) mass is 338 g/mol. The fraction of sp³-hybridized carbons (Fsp3) is 0.381. The number of amides is 1. The molecule has 4 nitrogen and oxygen atoms in total. The number of piperidine rings is 1. The average molecular weight is 338 g/mol. The number of benzene rings is 2. The topological polar surface area (TPSA) is 41.6 Å². The van der Waals surface area contributed by atoms with Crippen molar-refractivity contribution >= 4 is 11.6 Å². The number of carbonyl (C=O) groups excluding carboxylic acids is 1. The molecule has 132 valence electrons. The zero-order valence-corrected chi connectivity index (χ0v) is 15.0. The number of aryl methyl sites for hydroxylation is 1. The van der Waals surface area contributed by atoms with E-state index in [1.54, 1.807) is 7.11 Å². The molecule has 0 radical (unpaired) electrons. The highest BCUT2D eigenvalue weighted by Gasteiger charge is 2.29. The highest BCUT2D eigenvalue weighted by Crippen LogP contribution is 2.29. The molecule has 0 aliphatic carbocycles. The van der Waals surface area contributed by atoms with Crippen molar-refractivity contribution in [2.45, 2.75) is 32.2 Å². The number of rotatable bonds is 5. The molecule has 2 aromatic rings. The van der Waals surface area contributed by atoms with Gasteiger partial charge in [-0.1, -0.05) is 42.8 Å². The maximum Gasteiger partial charge on any atom is 0.246 e. The molecule has 0 bridgehead atoms. The largest absolute Gasteiger partial charge is 0.495 e. The van der Waals surface area contributed by atoms with E-state index < -0.39 is 0 Å². The molecule has 1 fully saturated rings. The van der Waals surface area contributed by atoms with E-state index >= 15 is 0 Å². The van der Waals surface area contributed by atoms with Gasteiger partial charge in [-0.05, 0) is 56.1 Å². The van der Waals surface area contributed by atoms with Crippen molar-refractivity contribution in [1.82, 2.24) is 4.90 Å². The number of likely N-dealkylation sites (tertiary alicyclic amines) is 1. The molecule has 3 rings (SSSR count). The van der Waals surface area contributed by atoms with Gasteiger partial charge in [-0.15, -0.1) is 0 Å². The van der Waals surface area contributed by atoms with Crippen molar-refractivity contribution in [3.63, 3.8) is 0 Å². The number of nitrogens with zero attached hydrogens (tertiary/aromatic N) is 1. The van der Waals surface area contributed by atoms with Crippen LogP contribution in [0.25, 0.3) is 0 Å². The molecular weight excluding hydrogens is 312 g/mol. The smallest absolute Gasteiger partial charge is 0.246 e. The van der Waals surface area contributed by atoms with Gasteiger partial charge in [0, 0.05) is 0 Å². The third-order valence-electron chi connectivity index (χ3n) is 4.73. The second-order valence-corrected chi connectivity index (χ2v) is 6.60. The van der Waals surface area contributed by atoms with Crippen LogP contribution in [0.5, 0.6) is 5.75 Å². The number of nitrogens with one attached hydrogen (secondary N) is 1. The Labute approximate surface area is 149 Å². The van der Waals surface area contributed by atoms with Crippen LogP contribution in [0.15, 0.2) is 48.5 Å². The molecule has 1 aliphatic rings. The fourth-order valence-corrected chi connectivity index (χ4v) is 3.46. The Morgan fingerprint density at radius 2 is 1.80 bits per heavy atom. The van der Waals surface area contributed by atoms with Gasteiger partial charge >= 0.3 is 0 Å². The Hall–Kier alpha value is -2.33. The van der Waals surface area contributed by atoms with E-state index in [1.807, 2.05) is 55.5 Å². The Bertz CT molecular complexity index is 709. The summed E-state index contributed by atoms with van der Waals surface area (Å²) in [6.07, 6.45) is 3.53. The number of hydrogen-bond donors (Lipinski definition) is 1. The van der Waals surface area contributed by atoms with Crippen molar-refractivity contribution in [2.75, 3.05) is 25.5 Å². The van der Waals surface area contributed by atoms with Gasteiger partial charge in [0.25, 0.3) is 0 Å². The first kappa shape index (κ1) is 17.5. The number of hydrogen-bond acceptors (Lipinski definition) is 3. The van der Waals surface area contributed by atoms with Gasteiger partial charge in [0.05, 0.1) is 12.8 Å². The summed E-state index contributed by atoms with van der Waals surface area (Å²) in [6, 6.07) is 15.6. The molecule has 1 saturated heterocycles. The van der Waals surface area contributed by atoms with Crippen LogP contribution in [0.2, 0.25) is 0 Å². The lowest BCUT2D eigenvalue weighted by molar-refractivity contribution is -0.122. The summed E-state index contributed by atoms with van der Waals surface area (Å²) in [7, 11) is 1.62. The molecule has 2 aromatic carbocycles. The summed E-state index contributed by atoms with van der Waals surface area (Å²) in [5, 5.41) is 3.09. The average Bonchev–Trinajstić information content (AvgIpc) is 2.64. The van der Waals surface area contributed by atoms with Crippen LogP contribution in [0.1, 0.15) is 36.4 Å². The Morgan fingerprint density at radius 1 is 1.08 bits per heavy atom. The summed E-state index contributed by atoms with van der Waals surface area (Å²) in [5.74, 6) is 0.682. The first-order valence-electron chi connectivity index (χ1n) is 8.93. The quantitative estimate of drug-likeness (QED) is 0.890. The number of anilines is 1. The van der Waals surface area contributed by atoms with Crippen LogP contribution in [-0.2, 0) is 4.79 Å². The van der Waals surface area contributed by atoms with Gasteiger partial charge in [-0.3, -0.25) is 9.69 Å². The predicted octanol–water partition coefficient (Wildman–Crippen LogP) is 4.17. The highest BCUT2D eigenvalue weighted by molar-refractivity contribution is 5.96. The van der Waals surface area contributed by atoms with Crippen LogP contribution in [0.4, 0.5) is 5.69 Å². The van der Waals surface area contributed by atoms with Crippen LogP contribution >= 0.6 is 0 Å². The summed E-state index contributed by atoms with van der Waals surface area (Å²) >= 11 is 0. The molecular formula is C21H26N2O2. The minimum atomic E-state index is -0.272. The molecule has 1 atom stereocenters. The second kappa shape index (κ2) is 8.17. The minimum Gasteiger partial charge on any atom is -0.495 e. The SMILES string of the molecule is COc1ccc(C)cc1NC(=O)[C@H](c1ccccc1)N1CCCCC1. The summed E-state index contributed by atoms with van der Waals surface area (Å²) in [4.78, 5) is 15.5. The normalized spacial score (nSPS) is 16.2. The van der Waals surface area contributed by atoms with E-state index in [9.17, 15) is 4.79 Å². The van der Waals surface area contributed by atoms with E-state index in [1.165, 1.54) is 6.42 Å². The molecule has 0 saturated carbocycles. The number of ether oxygens (including phenoxy) is 1. The number of carbonyl (C=O) groups is 1. The number of methoxy groups -OCH3 is 1.